The van der Waals surface area contributed by atoms with Gasteiger partial charge in [-0.05, 0) is 32.0 Å². The third-order valence-electron chi connectivity index (χ3n) is 4.72. The topological polar surface area (TPSA) is 136 Å². The molecule has 0 spiro atoms. The number of hydrogen-bond acceptors (Lipinski definition) is 8. The van der Waals surface area contributed by atoms with E-state index in [9.17, 15) is 9.90 Å². The maximum Gasteiger partial charge on any atom is 0.274 e. The third kappa shape index (κ3) is 3.89. The summed E-state index contributed by atoms with van der Waals surface area (Å²) in [7, 11) is 3.31. The lowest BCUT2D eigenvalue weighted by atomic mass is 10.0. The fraction of sp³-hybridized carbons (Fsp3) is 0.227. The van der Waals surface area contributed by atoms with Crippen molar-refractivity contribution in [3.63, 3.8) is 0 Å². The molecule has 4 rings (SSSR count). The third-order valence-corrected chi connectivity index (χ3v) is 4.72. The van der Waals surface area contributed by atoms with E-state index in [0.29, 0.717) is 28.0 Å². The molecule has 1 aromatic carbocycles. The van der Waals surface area contributed by atoms with Crippen LogP contribution in [0, 0.1) is 18.8 Å². The molecular weight excluding hydrogens is 410 g/mol. The lowest BCUT2D eigenvalue weighted by molar-refractivity contribution is 0.0823. The molecule has 0 aliphatic heterocycles. The zero-order valence-corrected chi connectivity index (χ0v) is 18.0. The quantitative estimate of drug-likeness (QED) is 0.467. The van der Waals surface area contributed by atoms with Crippen LogP contribution in [0.15, 0.2) is 41.1 Å². The van der Waals surface area contributed by atoms with Crippen LogP contribution in [-0.2, 0) is 5.60 Å². The van der Waals surface area contributed by atoms with E-state index < -0.39 is 5.60 Å². The van der Waals surface area contributed by atoms with Crippen molar-refractivity contribution < 1.29 is 14.4 Å². The van der Waals surface area contributed by atoms with E-state index in [4.69, 9.17) is 10.3 Å². The van der Waals surface area contributed by atoms with Gasteiger partial charge in [-0.25, -0.2) is 9.67 Å². The summed E-state index contributed by atoms with van der Waals surface area (Å²) in [5.74, 6) is 6.26. The van der Waals surface area contributed by atoms with Gasteiger partial charge in [0.25, 0.3) is 5.91 Å². The predicted octanol–water partition coefficient (Wildman–Crippen LogP) is 1.66. The number of aliphatic hydroxyl groups is 1. The summed E-state index contributed by atoms with van der Waals surface area (Å²) in [4.78, 5) is 22.3. The fourth-order valence-electron chi connectivity index (χ4n) is 3.07. The molecule has 0 aliphatic rings. The van der Waals surface area contributed by atoms with Crippen LogP contribution < -0.4 is 5.73 Å². The molecule has 0 aliphatic carbocycles. The molecule has 0 fully saturated rings. The van der Waals surface area contributed by atoms with Crippen molar-refractivity contribution in [1.82, 2.24) is 29.8 Å². The fourth-order valence-corrected chi connectivity index (χ4v) is 3.07. The van der Waals surface area contributed by atoms with Gasteiger partial charge < -0.3 is 20.3 Å². The Balaban J connectivity index is 1.84. The molecule has 3 heterocycles. The van der Waals surface area contributed by atoms with Crippen molar-refractivity contribution in [2.24, 2.45) is 0 Å². The molecule has 1 amide bonds. The van der Waals surface area contributed by atoms with Crippen molar-refractivity contribution in [3.8, 4) is 17.7 Å². The van der Waals surface area contributed by atoms with Crippen LogP contribution in [0.1, 0.15) is 34.4 Å². The number of fused-ring (bicyclic) bond motifs is 1. The van der Waals surface area contributed by atoms with E-state index >= 15 is 0 Å². The number of hydrogen-bond donors (Lipinski definition) is 2. The Hall–Kier alpha value is -4.23. The number of rotatable bonds is 3. The molecule has 0 saturated heterocycles. The van der Waals surface area contributed by atoms with Crippen molar-refractivity contribution in [1.29, 1.82) is 0 Å². The summed E-state index contributed by atoms with van der Waals surface area (Å²) in [5, 5.41) is 19.6. The van der Waals surface area contributed by atoms with E-state index in [1.165, 1.54) is 22.7 Å². The molecule has 10 heteroatoms. The number of carbonyl (C=O) groups excluding carboxylic acids is 1. The van der Waals surface area contributed by atoms with Gasteiger partial charge in [0, 0.05) is 43.4 Å². The summed E-state index contributed by atoms with van der Waals surface area (Å²) in [6, 6.07) is 8.55. The van der Waals surface area contributed by atoms with Crippen LogP contribution in [-0.4, -0.2) is 54.9 Å². The Morgan fingerprint density at radius 2 is 2.06 bits per heavy atom. The van der Waals surface area contributed by atoms with Gasteiger partial charge in [0.15, 0.2) is 22.9 Å². The Bertz CT molecular complexity index is 1390. The van der Waals surface area contributed by atoms with E-state index in [1.807, 2.05) is 0 Å². The van der Waals surface area contributed by atoms with Crippen LogP contribution >= 0.6 is 0 Å². The van der Waals surface area contributed by atoms with Crippen molar-refractivity contribution in [2.45, 2.75) is 19.4 Å². The summed E-state index contributed by atoms with van der Waals surface area (Å²) in [5.41, 5.74) is 6.33. The minimum Gasteiger partial charge on any atom is -0.371 e. The average molecular weight is 431 g/mol. The molecule has 162 valence electrons. The maximum absolute atomic E-state index is 12.7. The van der Waals surface area contributed by atoms with E-state index in [0.717, 1.165) is 0 Å². The second kappa shape index (κ2) is 7.79. The second-order valence-electron chi connectivity index (χ2n) is 7.62. The Morgan fingerprint density at radius 1 is 1.28 bits per heavy atom. The maximum atomic E-state index is 12.7. The summed E-state index contributed by atoms with van der Waals surface area (Å²) in [6.07, 6.45) is 1.51. The van der Waals surface area contributed by atoms with Gasteiger partial charge in [-0.1, -0.05) is 17.0 Å². The van der Waals surface area contributed by atoms with Crippen LogP contribution in [0.3, 0.4) is 0 Å². The molecule has 4 aromatic rings. The van der Waals surface area contributed by atoms with Gasteiger partial charge >= 0.3 is 0 Å². The van der Waals surface area contributed by atoms with Gasteiger partial charge in [-0.2, -0.15) is 10.1 Å². The van der Waals surface area contributed by atoms with Gasteiger partial charge in [-0.15, -0.1) is 0 Å². The molecule has 0 saturated carbocycles. The molecule has 1 atom stereocenters. The summed E-state index contributed by atoms with van der Waals surface area (Å²) in [6.45, 7) is 3.29. The van der Waals surface area contributed by atoms with Crippen molar-refractivity contribution in [2.75, 3.05) is 19.8 Å². The Labute approximate surface area is 183 Å². The van der Waals surface area contributed by atoms with Crippen LogP contribution in [0.25, 0.3) is 16.7 Å². The number of nitrogens with zero attached hydrogens (tertiary/aromatic N) is 6. The number of amides is 1. The zero-order valence-electron chi connectivity index (χ0n) is 18.0. The smallest absolute Gasteiger partial charge is 0.274 e. The van der Waals surface area contributed by atoms with Gasteiger partial charge in [0.2, 0.25) is 5.95 Å². The van der Waals surface area contributed by atoms with Crippen LogP contribution in [0.2, 0.25) is 0 Å². The highest BCUT2D eigenvalue weighted by Crippen LogP contribution is 2.25. The van der Waals surface area contributed by atoms with Crippen LogP contribution in [0.4, 0.5) is 5.95 Å². The largest absolute Gasteiger partial charge is 0.371 e. The minimum atomic E-state index is -1.52. The molecule has 3 aromatic heterocycles. The number of carbonyl (C=O) groups is 1. The predicted molar refractivity (Wildman–Crippen MR) is 117 cm³/mol. The number of benzene rings is 1. The van der Waals surface area contributed by atoms with E-state index in [1.54, 1.807) is 51.4 Å². The van der Waals surface area contributed by atoms with E-state index in [-0.39, 0.29) is 23.3 Å². The first kappa shape index (κ1) is 21.0. The normalized spacial score (nSPS) is 12.8. The van der Waals surface area contributed by atoms with Gasteiger partial charge in [0.1, 0.15) is 0 Å². The lowest BCUT2D eigenvalue weighted by Crippen LogP contribution is -2.22. The number of aromatic nitrogens is 5. The molecule has 0 bridgehead atoms. The molecule has 3 N–H and O–H groups in total. The number of nitrogen functional groups attached to an aromatic ring is 1. The molecule has 32 heavy (non-hydrogen) atoms. The Kier molecular flexibility index (Phi) is 5.12. The Morgan fingerprint density at radius 3 is 2.72 bits per heavy atom. The second-order valence-corrected chi connectivity index (χ2v) is 7.62. The van der Waals surface area contributed by atoms with Gasteiger partial charge in [0.05, 0.1) is 11.2 Å². The highest BCUT2D eigenvalue weighted by atomic mass is 16.5. The first-order valence-electron chi connectivity index (χ1n) is 9.68. The highest BCUT2D eigenvalue weighted by Gasteiger charge is 2.25. The number of anilines is 1. The van der Waals surface area contributed by atoms with Crippen LogP contribution in [0.5, 0.6) is 0 Å². The lowest BCUT2D eigenvalue weighted by Gasteiger charge is -2.11. The van der Waals surface area contributed by atoms with Gasteiger partial charge in [-0.3, -0.25) is 4.79 Å². The summed E-state index contributed by atoms with van der Waals surface area (Å²) < 4.78 is 6.66. The number of nitrogens with two attached hydrogens (primary N) is 1. The molecule has 0 radical (unpaired) electrons. The van der Waals surface area contributed by atoms with E-state index in [2.05, 4.69) is 32.1 Å². The molecule has 1 unspecified atom stereocenters. The average Bonchev–Trinajstić information content (AvgIpc) is 3.36. The first-order chi connectivity index (χ1) is 15.2. The highest BCUT2D eigenvalue weighted by molar-refractivity contribution is 6.05. The van der Waals surface area contributed by atoms with Crippen molar-refractivity contribution >= 4 is 22.8 Å². The van der Waals surface area contributed by atoms with Crippen molar-refractivity contribution in [3.05, 3.63) is 59.2 Å². The summed E-state index contributed by atoms with van der Waals surface area (Å²) >= 11 is 0. The molecular formula is C22H21N7O3. The zero-order chi connectivity index (χ0) is 23.0. The standard InChI is InChI=1S/C22H21N7O3/c1-13-11-17(32-27-13)22(2,31)9-7-14-5-6-15-16(12-14)29(18-8-10-24-21(23)25-18)26-19(15)20(30)28(3)4/h5-6,8,10-12,31H,1-4H3,(H2,23,24,25). The molecule has 10 nitrogen and oxygen atoms in total. The first-order valence-corrected chi connectivity index (χ1v) is 9.68. The monoisotopic (exact) mass is 431 g/mol. The SMILES string of the molecule is Cc1cc(C(C)(O)C#Cc2ccc3c(C(=O)N(C)C)nn(-c4ccnc(N)n4)c3c2)on1. The minimum absolute atomic E-state index is 0.0842. The number of aryl methyl sites for hydroxylation is 1.